The van der Waals surface area contributed by atoms with Crippen molar-refractivity contribution in [3.8, 4) is 0 Å². The second-order valence-electron chi connectivity index (χ2n) is 3.52. The monoisotopic (exact) mass is 249 g/mol. The Labute approximate surface area is 95.6 Å². The number of alkyl halides is 3. The second kappa shape index (κ2) is 5.65. The fourth-order valence-corrected chi connectivity index (χ4v) is 1.20. The zero-order chi connectivity index (χ0) is 12.9. The van der Waals surface area contributed by atoms with Gasteiger partial charge in [-0.05, 0) is 24.1 Å². The molecule has 0 atom stereocenters. The highest BCUT2D eigenvalue weighted by molar-refractivity contribution is 5.76. The molecule has 0 saturated heterocycles. The normalized spacial score (nSPS) is 11.3. The molecule has 2 nitrogen and oxygen atoms in total. The molecule has 1 aromatic carbocycles. The zero-order valence-electron chi connectivity index (χ0n) is 8.85. The maximum Gasteiger partial charge on any atom is 0.405 e. The van der Waals surface area contributed by atoms with Crippen LogP contribution in [-0.2, 0) is 11.2 Å². The molecule has 0 aliphatic heterocycles. The maximum atomic E-state index is 12.5. The molecule has 1 N–H and O–H groups in total. The first-order valence-electron chi connectivity index (χ1n) is 4.95. The molecule has 17 heavy (non-hydrogen) atoms. The Morgan fingerprint density at radius 2 is 1.76 bits per heavy atom. The van der Waals surface area contributed by atoms with Gasteiger partial charge in [-0.25, -0.2) is 4.39 Å². The van der Waals surface area contributed by atoms with Gasteiger partial charge in [-0.2, -0.15) is 13.2 Å². The van der Waals surface area contributed by atoms with Crippen molar-refractivity contribution in [1.82, 2.24) is 5.32 Å². The van der Waals surface area contributed by atoms with Crippen molar-refractivity contribution < 1.29 is 22.4 Å². The largest absolute Gasteiger partial charge is 0.405 e. The Morgan fingerprint density at radius 1 is 1.18 bits per heavy atom. The molecular formula is C11H11F4NO. The van der Waals surface area contributed by atoms with E-state index in [4.69, 9.17) is 0 Å². The summed E-state index contributed by atoms with van der Waals surface area (Å²) in [4.78, 5) is 11.0. The highest BCUT2D eigenvalue weighted by atomic mass is 19.4. The van der Waals surface area contributed by atoms with E-state index in [9.17, 15) is 22.4 Å². The summed E-state index contributed by atoms with van der Waals surface area (Å²) in [6.45, 7) is -1.32. The highest BCUT2D eigenvalue weighted by Gasteiger charge is 2.27. The Morgan fingerprint density at radius 3 is 2.29 bits per heavy atom. The number of nitrogens with one attached hydrogen (secondary N) is 1. The van der Waals surface area contributed by atoms with Crippen LogP contribution in [0.25, 0.3) is 0 Å². The zero-order valence-corrected chi connectivity index (χ0v) is 8.85. The molecule has 0 heterocycles. The van der Waals surface area contributed by atoms with Gasteiger partial charge < -0.3 is 5.32 Å². The van der Waals surface area contributed by atoms with Crippen LogP contribution in [0.2, 0.25) is 0 Å². The van der Waals surface area contributed by atoms with E-state index in [1.54, 1.807) is 5.32 Å². The summed E-state index contributed by atoms with van der Waals surface area (Å²) < 4.78 is 47.8. The number of benzene rings is 1. The first-order chi connectivity index (χ1) is 7.87. The topological polar surface area (TPSA) is 29.1 Å². The lowest BCUT2D eigenvalue weighted by Gasteiger charge is -2.08. The molecule has 1 rings (SSSR count). The van der Waals surface area contributed by atoms with E-state index in [-0.39, 0.29) is 12.8 Å². The van der Waals surface area contributed by atoms with Gasteiger partial charge in [0.05, 0.1) is 0 Å². The molecule has 0 aromatic heterocycles. The minimum atomic E-state index is -4.40. The summed E-state index contributed by atoms with van der Waals surface area (Å²) in [7, 11) is 0. The van der Waals surface area contributed by atoms with E-state index in [1.807, 2.05) is 0 Å². The Kier molecular flexibility index (Phi) is 4.48. The van der Waals surface area contributed by atoms with Crippen molar-refractivity contribution in [3.63, 3.8) is 0 Å². The van der Waals surface area contributed by atoms with Crippen LogP contribution in [0.3, 0.4) is 0 Å². The van der Waals surface area contributed by atoms with Gasteiger partial charge in [0, 0.05) is 6.42 Å². The van der Waals surface area contributed by atoms with Crippen molar-refractivity contribution in [2.24, 2.45) is 0 Å². The molecule has 0 aliphatic carbocycles. The van der Waals surface area contributed by atoms with Crippen LogP contribution in [0.1, 0.15) is 12.0 Å². The van der Waals surface area contributed by atoms with E-state index in [1.165, 1.54) is 24.3 Å². The van der Waals surface area contributed by atoms with Crippen LogP contribution in [0.4, 0.5) is 17.6 Å². The van der Waals surface area contributed by atoms with Crippen molar-refractivity contribution in [3.05, 3.63) is 35.6 Å². The number of amides is 1. The van der Waals surface area contributed by atoms with Crippen molar-refractivity contribution in [2.45, 2.75) is 19.0 Å². The molecule has 1 aromatic rings. The molecular weight excluding hydrogens is 238 g/mol. The molecule has 0 bridgehead atoms. The van der Waals surface area contributed by atoms with E-state index in [0.29, 0.717) is 5.56 Å². The summed E-state index contributed by atoms with van der Waals surface area (Å²) in [5, 5.41) is 1.77. The van der Waals surface area contributed by atoms with Crippen LogP contribution in [0.5, 0.6) is 0 Å². The third-order valence-corrected chi connectivity index (χ3v) is 2.04. The molecule has 0 aliphatic rings. The number of rotatable bonds is 4. The Balaban J connectivity index is 2.31. The molecule has 1 amide bonds. The standard InChI is InChI=1S/C11H11F4NO/c12-9-4-1-8(2-5-9)3-6-10(17)16-7-11(13,14)15/h1-2,4-5H,3,6-7H2,(H,16,17). The van der Waals surface area contributed by atoms with Crippen LogP contribution >= 0.6 is 0 Å². The van der Waals surface area contributed by atoms with Crippen LogP contribution in [0, 0.1) is 5.82 Å². The average molecular weight is 249 g/mol. The van der Waals surface area contributed by atoms with Crippen molar-refractivity contribution >= 4 is 5.91 Å². The first-order valence-corrected chi connectivity index (χ1v) is 4.95. The SMILES string of the molecule is O=C(CCc1ccc(F)cc1)NCC(F)(F)F. The third-order valence-electron chi connectivity index (χ3n) is 2.04. The first kappa shape index (κ1) is 13.5. The van der Waals surface area contributed by atoms with E-state index < -0.39 is 24.4 Å². The van der Waals surface area contributed by atoms with Gasteiger partial charge in [-0.1, -0.05) is 12.1 Å². The summed E-state index contributed by atoms with van der Waals surface area (Å²) in [6.07, 6.45) is -4.17. The predicted molar refractivity (Wildman–Crippen MR) is 53.8 cm³/mol. The molecule has 0 unspecified atom stereocenters. The summed E-state index contributed by atoms with van der Waals surface area (Å²) in [5.41, 5.74) is 0.702. The van der Waals surface area contributed by atoms with E-state index in [2.05, 4.69) is 0 Å². The number of carbonyl (C=O) groups is 1. The highest BCUT2D eigenvalue weighted by Crippen LogP contribution is 2.12. The third kappa shape index (κ3) is 5.89. The minimum absolute atomic E-state index is 0.0539. The number of aryl methyl sites for hydroxylation is 1. The van der Waals surface area contributed by atoms with E-state index in [0.717, 1.165) is 0 Å². The van der Waals surface area contributed by atoms with Crippen molar-refractivity contribution in [2.75, 3.05) is 6.54 Å². The summed E-state index contributed by atoms with van der Waals surface area (Å²) in [5.74, 6) is -1.07. The average Bonchev–Trinajstić information content (AvgIpc) is 2.25. The lowest BCUT2D eigenvalue weighted by atomic mass is 10.1. The lowest BCUT2D eigenvalue weighted by Crippen LogP contribution is -2.33. The minimum Gasteiger partial charge on any atom is -0.347 e. The van der Waals surface area contributed by atoms with Crippen LogP contribution in [-0.4, -0.2) is 18.6 Å². The molecule has 0 spiro atoms. The molecule has 0 radical (unpaired) electrons. The number of carbonyl (C=O) groups excluding carboxylic acids is 1. The fraction of sp³-hybridized carbons (Fsp3) is 0.364. The van der Waals surface area contributed by atoms with E-state index >= 15 is 0 Å². The molecule has 94 valence electrons. The second-order valence-corrected chi connectivity index (χ2v) is 3.52. The molecule has 6 heteroatoms. The smallest absolute Gasteiger partial charge is 0.347 e. The summed E-state index contributed by atoms with van der Waals surface area (Å²) in [6, 6.07) is 5.46. The predicted octanol–water partition coefficient (Wildman–Crippen LogP) is 2.44. The fourth-order valence-electron chi connectivity index (χ4n) is 1.20. The Bertz CT molecular complexity index is 372. The number of hydrogen-bond donors (Lipinski definition) is 1. The number of halogens is 4. The maximum absolute atomic E-state index is 12.5. The van der Waals surface area contributed by atoms with Gasteiger partial charge in [-0.3, -0.25) is 4.79 Å². The lowest BCUT2D eigenvalue weighted by molar-refractivity contribution is -0.138. The number of hydrogen-bond acceptors (Lipinski definition) is 1. The van der Waals surface area contributed by atoms with Gasteiger partial charge >= 0.3 is 6.18 Å². The Hall–Kier alpha value is -1.59. The molecule has 0 saturated carbocycles. The van der Waals surface area contributed by atoms with Gasteiger partial charge in [0.15, 0.2) is 0 Å². The van der Waals surface area contributed by atoms with Gasteiger partial charge in [0.1, 0.15) is 12.4 Å². The van der Waals surface area contributed by atoms with Gasteiger partial charge in [-0.15, -0.1) is 0 Å². The van der Waals surface area contributed by atoms with Crippen molar-refractivity contribution in [1.29, 1.82) is 0 Å². The van der Waals surface area contributed by atoms with Gasteiger partial charge in [0.25, 0.3) is 0 Å². The van der Waals surface area contributed by atoms with Crippen LogP contribution < -0.4 is 5.32 Å². The quantitative estimate of drug-likeness (QED) is 0.816. The molecule has 0 fully saturated rings. The van der Waals surface area contributed by atoms with Crippen LogP contribution in [0.15, 0.2) is 24.3 Å². The summed E-state index contributed by atoms with van der Waals surface area (Å²) >= 11 is 0. The van der Waals surface area contributed by atoms with Gasteiger partial charge in [0.2, 0.25) is 5.91 Å².